The van der Waals surface area contributed by atoms with Crippen molar-refractivity contribution >= 4 is 23.2 Å². The third kappa shape index (κ3) is 2.71. The molecule has 1 amide bonds. The molecule has 0 radical (unpaired) electrons. The molecule has 2 saturated carbocycles. The molecule has 0 spiro atoms. The van der Waals surface area contributed by atoms with Gasteiger partial charge in [0, 0.05) is 10.9 Å². The number of nitrogens with zero attached hydrogens (tertiary/aromatic N) is 1. The van der Waals surface area contributed by atoms with Crippen molar-refractivity contribution in [3.63, 3.8) is 0 Å². The van der Waals surface area contributed by atoms with Gasteiger partial charge in [-0.1, -0.05) is 43.5 Å². The summed E-state index contributed by atoms with van der Waals surface area (Å²) in [6.45, 7) is 4.14. The van der Waals surface area contributed by atoms with E-state index in [0.717, 1.165) is 11.3 Å². The molecule has 0 aliphatic heterocycles. The molecule has 112 valence electrons. The Morgan fingerprint density at radius 2 is 2.05 bits per heavy atom. The molecule has 3 rings (SSSR count). The molecule has 0 unspecified atom stereocenters. The highest BCUT2D eigenvalue weighted by Crippen LogP contribution is 2.66. The lowest BCUT2D eigenvalue weighted by Crippen LogP contribution is -2.23. The highest BCUT2D eigenvalue weighted by atomic mass is 35.5. The lowest BCUT2D eigenvalue weighted by molar-refractivity contribution is -0.123. The summed E-state index contributed by atoms with van der Waals surface area (Å²) in [5, 5.41) is 4.95. The van der Waals surface area contributed by atoms with Gasteiger partial charge >= 0.3 is 0 Å². The minimum atomic E-state index is 0.0812. The van der Waals surface area contributed by atoms with Gasteiger partial charge in [-0.15, -0.1) is 0 Å². The average Bonchev–Trinajstić information content (AvgIpc) is 3.11. The van der Waals surface area contributed by atoms with Crippen LogP contribution in [0.5, 0.6) is 0 Å². The predicted molar refractivity (Wildman–Crippen MR) is 85.4 cm³/mol. The number of amides is 1. The SMILES string of the molecule is C/C(=N/NC(=O)[C@@H]1[C@@H]2CCCC[C@@]12C)c1ccc(Cl)cc1. The molecule has 1 N–H and O–H groups in total. The van der Waals surface area contributed by atoms with Gasteiger partial charge in [0.05, 0.1) is 5.71 Å². The molecule has 2 aliphatic rings. The zero-order valence-corrected chi connectivity index (χ0v) is 13.3. The second kappa shape index (κ2) is 5.45. The summed E-state index contributed by atoms with van der Waals surface area (Å²) >= 11 is 5.87. The average molecular weight is 305 g/mol. The van der Waals surface area contributed by atoms with Crippen LogP contribution >= 0.6 is 11.6 Å². The Morgan fingerprint density at radius 1 is 1.33 bits per heavy atom. The Morgan fingerprint density at radius 3 is 2.67 bits per heavy atom. The number of rotatable bonds is 3. The fourth-order valence-electron chi connectivity index (χ4n) is 3.81. The van der Waals surface area contributed by atoms with Crippen molar-refractivity contribution in [2.45, 2.75) is 39.5 Å². The number of benzene rings is 1. The van der Waals surface area contributed by atoms with E-state index in [9.17, 15) is 4.79 Å². The zero-order valence-electron chi connectivity index (χ0n) is 12.5. The van der Waals surface area contributed by atoms with Crippen LogP contribution in [0.1, 0.15) is 45.1 Å². The monoisotopic (exact) mass is 304 g/mol. The molecule has 2 aliphatic carbocycles. The van der Waals surface area contributed by atoms with Crippen LogP contribution < -0.4 is 5.43 Å². The number of carbonyl (C=O) groups excluding carboxylic acids is 1. The first-order chi connectivity index (χ1) is 10.0. The highest BCUT2D eigenvalue weighted by Gasteiger charge is 2.64. The molecule has 21 heavy (non-hydrogen) atoms. The maximum Gasteiger partial charge on any atom is 0.244 e. The van der Waals surface area contributed by atoms with Crippen molar-refractivity contribution in [2.24, 2.45) is 22.4 Å². The molecule has 0 saturated heterocycles. The largest absolute Gasteiger partial charge is 0.273 e. The Balaban J connectivity index is 1.63. The molecular weight excluding hydrogens is 284 g/mol. The standard InChI is InChI=1S/C17H21ClN2O/c1-11(12-6-8-13(18)9-7-12)19-20-16(21)15-14-5-3-4-10-17(14,15)2/h6-9,14-15H,3-5,10H2,1-2H3,(H,20,21)/b19-11-/t14-,15-,17+/m0/s1. The lowest BCUT2D eigenvalue weighted by Gasteiger charge is -2.15. The molecule has 2 fully saturated rings. The van der Waals surface area contributed by atoms with Crippen LogP contribution in [-0.2, 0) is 4.79 Å². The summed E-state index contributed by atoms with van der Waals surface area (Å²) in [5.74, 6) is 0.803. The molecule has 4 heteroatoms. The number of hydrazone groups is 1. The number of hydrogen-bond acceptors (Lipinski definition) is 2. The minimum absolute atomic E-state index is 0.0812. The molecule has 0 bridgehead atoms. The summed E-state index contributed by atoms with van der Waals surface area (Å²) in [7, 11) is 0. The molecular formula is C17H21ClN2O. The van der Waals surface area contributed by atoms with Crippen LogP contribution in [0, 0.1) is 17.3 Å². The Kier molecular flexibility index (Phi) is 3.78. The van der Waals surface area contributed by atoms with Gasteiger partial charge in [0.1, 0.15) is 0 Å². The fourth-order valence-corrected chi connectivity index (χ4v) is 3.94. The van der Waals surface area contributed by atoms with E-state index in [1.807, 2.05) is 31.2 Å². The van der Waals surface area contributed by atoms with E-state index >= 15 is 0 Å². The van der Waals surface area contributed by atoms with Gasteiger partial charge in [-0.25, -0.2) is 5.43 Å². The van der Waals surface area contributed by atoms with Gasteiger partial charge in [0.25, 0.3) is 0 Å². The second-order valence-electron chi connectivity index (χ2n) is 6.52. The van der Waals surface area contributed by atoms with Gasteiger partial charge < -0.3 is 0 Å². The number of nitrogens with one attached hydrogen (secondary N) is 1. The van der Waals surface area contributed by atoms with Gasteiger partial charge in [-0.2, -0.15) is 5.10 Å². The molecule has 3 nitrogen and oxygen atoms in total. The molecule has 0 aromatic heterocycles. The molecule has 3 atom stereocenters. The van der Waals surface area contributed by atoms with Crippen molar-refractivity contribution in [3.05, 3.63) is 34.9 Å². The van der Waals surface area contributed by atoms with Gasteiger partial charge in [0.15, 0.2) is 0 Å². The predicted octanol–water partition coefficient (Wildman–Crippen LogP) is 4.01. The van der Waals surface area contributed by atoms with Crippen LogP contribution in [0.3, 0.4) is 0 Å². The summed E-state index contributed by atoms with van der Waals surface area (Å²) in [6.07, 6.45) is 4.88. The smallest absolute Gasteiger partial charge is 0.244 e. The first kappa shape index (κ1) is 14.6. The number of carbonyl (C=O) groups is 1. The van der Waals surface area contributed by atoms with Crippen LogP contribution in [0.4, 0.5) is 0 Å². The van der Waals surface area contributed by atoms with Crippen molar-refractivity contribution in [1.29, 1.82) is 0 Å². The number of halogens is 1. The number of fused-ring (bicyclic) bond motifs is 1. The van der Waals surface area contributed by atoms with E-state index in [1.165, 1.54) is 25.7 Å². The van der Waals surface area contributed by atoms with E-state index in [-0.39, 0.29) is 17.2 Å². The first-order valence-corrected chi connectivity index (χ1v) is 8.00. The summed E-state index contributed by atoms with van der Waals surface area (Å²) in [4.78, 5) is 12.3. The van der Waals surface area contributed by atoms with Gasteiger partial charge in [-0.3, -0.25) is 4.79 Å². The molecule has 1 aromatic rings. The normalized spacial score (nSPS) is 31.5. The summed E-state index contributed by atoms with van der Waals surface area (Å²) < 4.78 is 0. The van der Waals surface area contributed by atoms with Crippen LogP contribution in [0.25, 0.3) is 0 Å². The first-order valence-electron chi connectivity index (χ1n) is 7.62. The third-order valence-corrected chi connectivity index (χ3v) is 5.46. The van der Waals surface area contributed by atoms with Crippen molar-refractivity contribution in [3.8, 4) is 0 Å². The van der Waals surface area contributed by atoms with E-state index in [4.69, 9.17) is 11.6 Å². The van der Waals surface area contributed by atoms with Gasteiger partial charge in [0.2, 0.25) is 5.91 Å². The van der Waals surface area contributed by atoms with Crippen molar-refractivity contribution < 1.29 is 4.79 Å². The van der Waals surface area contributed by atoms with Crippen LogP contribution in [0.15, 0.2) is 29.4 Å². The fraction of sp³-hybridized carbons (Fsp3) is 0.529. The minimum Gasteiger partial charge on any atom is -0.273 e. The van der Waals surface area contributed by atoms with E-state index < -0.39 is 0 Å². The van der Waals surface area contributed by atoms with Gasteiger partial charge in [-0.05, 0) is 48.8 Å². The Bertz CT molecular complexity index is 581. The summed E-state index contributed by atoms with van der Waals surface area (Å²) in [5.41, 5.74) is 4.75. The van der Waals surface area contributed by atoms with Crippen LogP contribution in [-0.4, -0.2) is 11.6 Å². The Labute approximate surface area is 130 Å². The third-order valence-electron chi connectivity index (χ3n) is 5.21. The quantitative estimate of drug-likeness (QED) is 0.665. The lowest BCUT2D eigenvalue weighted by atomic mass is 9.90. The maximum atomic E-state index is 12.3. The molecule has 0 heterocycles. The maximum absolute atomic E-state index is 12.3. The van der Waals surface area contributed by atoms with E-state index in [0.29, 0.717) is 10.9 Å². The van der Waals surface area contributed by atoms with E-state index in [2.05, 4.69) is 17.5 Å². The van der Waals surface area contributed by atoms with Crippen LogP contribution in [0.2, 0.25) is 5.02 Å². The number of hydrogen-bond donors (Lipinski definition) is 1. The molecule has 1 aromatic carbocycles. The Hall–Kier alpha value is -1.35. The second-order valence-corrected chi connectivity index (χ2v) is 6.95. The highest BCUT2D eigenvalue weighted by molar-refractivity contribution is 6.30. The van der Waals surface area contributed by atoms with Crippen molar-refractivity contribution in [1.82, 2.24) is 5.43 Å². The van der Waals surface area contributed by atoms with E-state index in [1.54, 1.807) is 0 Å². The summed E-state index contributed by atoms with van der Waals surface area (Å²) in [6, 6.07) is 7.47. The zero-order chi connectivity index (χ0) is 15.0. The van der Waals surface area contributed by atoms with Crippen molar-refractivity contribution in [2.75, 3.05) is 0 Å². The topological polar surface area (TPSA) is 41.5 Å².